The van der Waals surface area contributed by atoms with Crippen molar-refractivity contribution in [1.82, 2.24) is 14.2 Å². The number of benzene rings is 1. The minimum atomic E-state index is -2.18. The van der Waals surface area contributed by atoms with Crippen LogP contribution in [0.4, 0.5) is 0 Å². The molecule has 1 aliphatic heterocycles. The lowest BCUT2D eigenvalue weighted by molar-refractivity contribution is -0.121. The number of fused-ring (bicyclic) bond motifs is 3. The molecule has 2 N–H and O–H groups in total. The molecule has 4 rings (SSSR count). The van der Waals surface area contributed by atoms with Gasteiger partial charge in [-0.3, -0.25) is 14.1 Å². The molecule has 2 aliphatic rings. The number of carbonyl (C=O) groups excluding carboxylic acids is 2. The summed E-state index contributed by atoms with van der Waals surface area (Å²) in [6.45, 7) is 4.57. The Morgan fingerprint density at radius 3 is 2.71 bits per heavy atom. The second kappa shape index (κ2) is 11.6. The molecule has 2 atom stereocenters. The Kier molecular flexibility index (Phi) is 8.59. The summed E-state index contributed by atoms with van der Waals surface area (Å²) >= 11 is -2.18. The summed E-state index contributed by atoms with van der Waals surface area (Å²) in [6.07, 6.45) is 4.65. The second-order valence-electron chi connectivity index (χ2n) is 9.30. The monoisotopic (exact) mass is 505 g/mol. The van der Waals surface area contributed by atoms with Crippen molar-refractivity contribution in [2.45, 2.75) is 39.0 Å². The molecule has 0 spiro atoms. The van der Waals surface area contributed by atoms with E-state index in [0.29, 0.717) is 42.6 Å². The molecule has 1 aliphatic carbocycles. The van der Waals surface area contributed by atoms with Gasteiger partial charge in [0.1, 0.15) is 0 Å². The quantitative estimate of drug-likeness (QED) is 0.400. The average Bonchev–Trinajstić information content (AvgIpc) is 3.20. The van der Waals surface area contributed by atoms with Gasteiger partial charge >= 0.3 is 0 Å². The Hall–Kier alpha value is -2.27. The molecule has 2 heterocycles. The van der Waals surface area contributed by atoms with Crippen LogP contribution in [0.15, 0.2) is 18.2 Å². The number of likely N-dealkylation sites (N-methyl/N-ethyl adjacent to an activating group) is 1. The molecule has 0 bridgehead atoms. The maximum atomic E-state index is 13.3. The van der Waals surface area contributed by atoms with E-state index >= 15 is 0 Å². The van der Waals surface area contributed by atoms with Crippen molar-refractivity contribution in [3.8, 4) is 0 Å². The molecular weight excluding hydrogens is 470 g/mol. The SMILES string of the molecule is CCN(CC(=O)NCCOC)C(=O)c1ccc2c(c1)c1c(n2S(=O)O)CCC(C2CCOCC2)C1. The van der Waals surface area contributed by atoms with E-state index in [9.17, 15) is 18.4 Å². The summed E-state index contributed by atoms with van der Waals surface area (Å²) in [5.74, 6) is 0.614. The molecule has 0 radical (unpaired) electrons. The molecule has 2 unspecified atom stereocenters. The summed E-state index contributed by atoms with van der Waals surface area (Å²) < 4.78 is 34.3. The van der Waals surface area contributed by atoms with Crippen LogP contribution in [0.1, 0.15) is 47.8 Å². The molecule has 1 saturated heterocycles. The van der Waals surface area contributed by atoms with E-state index in [4.69, 9.17) is 9.47 Å². The number of ether oxygens (including phenoxy) is 2. The Balaban J connectivity index is 1.61. The summed E-state index contributed by atoms with van der Waals surface area (Å²) in [5.41, 5.74) is 3.10. The molecule has 192 valence electrons. The van der Waals surface area contributed by atoms with Crippen LogP contribution in [0.5, 0.6) is 0 Å². The lowest BCUT2D eigenvalue weighted by atomic mass is 9.75. The minimum absolute atomic E-state index is 0.0390. The van der Waals surface area contributed by atoms with Crippen molar-refractivity contribution in [2.24, 2.45) is 11.8 Å². The summed E-state index contributed by atoms with van der Waals surface area (Å²) in [7, 11) is 1.56. The highest BCUT2D eigenvalue weighted by molar-refractivity contribution is 7.77. The van der Waals surface area contributed by atoms with Crippen molar-refractivity contribution in [3.05, 3.63) is 35.0 Å². The van der Waals surface area contributed by atoms with Crippen molar-refractivity contribution < 1.29 is 27.8 Å². The number of amides is 2. The first-order valence-corrected chi connectivity index (χ1v) is 13.4. The molecule has 9 nitrogen and oxygen atoms in total. The standard InChI is InChI=1S/C25H35N3O6S/c1-3-27(16-24(29)26-10-13-33-2)25(30)19-5-7-23-21(15-19)20-14-18(17-8-11-34-12-9-17)4-6-22(20)28(23)35(31)32/h5,7,15,17-18H,3-4,6,8-14,16H2,1-2H3,(H,26,29)(H,31,32). The molecule has 35 heavy (non-hydrogen) atoms. The average molecular weight is 506 g/mol. The van der Waals surface area contributed by atoms with Gasteiger partial charge in [0.05, 0.1) is 18.7 Å². The fourth-order valence-electron chi connectivity index (χ4n) is 5.48. The first-order chi connectivity index (χ1) is 16.9. The van der Waals surface area contributed by atoms with Gasteiger partial charge in [-0.2, -0.15) is 0 Å². The van der Waals surface area contributed by atoms with E-state index < -0.39 is 11.3 Å². The number of nitrogens with one attached hydrogen (secondary N) is 1. The van der Waals surface area contributed by atoms with Crippen molar-refractivity contribution in [1.29, 1.82) is 0 Å². The minimum Gasteiger partial charge on any atom is -0.383 e. The topological polar surface area (TPSA) is 110 Å². The second-order valence-corrected chi connectivity index (χ2v) is 10.1. The van der Waals surface area contributed by atoms with Gasteiger partial charge in [-0.05, 0) is 74.6 Å². The Morgan fingerprint density at radius 2 is 2.03 bits per heavy atom. The van der Waals surface area contributed by atoms with E-state index in [1.807, 2.05) is 13.0 Å². The van der Waals surface area contributed by atoms with Crippen LogP contribution in [0, 0.1) is 11.8 Å². The highest BCUT2D eigenvalue weighted by Crippen LogP contribution is 2.40. The van der Waals surface area contributed by atoms with Gasteiger partial charge in [-0.1, -0.05) is 0 Å². The number of hydrogen-bond acceptors (Lipinski definition) is 5. The van der Waals surface area contributed by atoms with E-state index in [1.165, 1.54) is 8.87 Å². The molecule has 1 aromatic carbocycles. The van der Waals surface area contributed by atoms with Crippen LogP contribution in [0.3, 0.4) is 0 Å². The maximum Gasteiger partial charge on any atom is 0.266 e. The number of carbonyl (C=O) groups is 2. The molecular formula is C25H35N3O6S. The van der Waals surface area contributed by atoms with E-state index in [-0.39, 0.29) is 18.4 Å². The van der Waals surface area contributed by atoms with E-state index in [1.54, 1.807) is 19.2 Å². The number of hydrogen-bond donors (Lipinski definition) is 2. The zero-order valence-electron chi connectivity index (χ0n) is 20.5. The number of aromatic nitrogens is 1. The first kappa shape index (κ1) is 25.8. The molecule has 1 aromatic heterocycles. The van der Waals surface area contributed by atoms with E-state index in [0.717, 1.165) is 62.0 Å². The summed E-state index contributed by atoms with van der Waals surface area (Å²) in [5, 5.41) is 3.60. The van der Waals surface area contributed by atoms with Gasteiger partial charge in [-0.25, -0.2) is 8.18 Å². The van der Waals surface area contributed by atoms with Crippen LogP contribution >= 0.6 is 0 Å². The zero-order valence-corrected chi connectivity index (χ0v) is 21.3. The highest BCUT2D eigenvalue weighted by atomic mass is 32.2. The Labute approximate surface area is 208 Å². The normalized spacial score (nSPS) is 19.3. The molecule has 10 heteroatoms. The van der Waals surface area contributed by atoms with Crippen molar-refractivity contribution in [2.75, 3.05) is 46.6 Å². The number of rotatable bonds is 9. The smallest absolute Gasteiger partial charge is 0.266 e. The maximum absolute atomic E-state index is 13.3. The van der Waals surface area contributed by atoms with Crippen LogP contribution in [0.25, 0.3) is 10.9 Å². The van der Waals surface area contributed by atoms with Crippen LogP contribution in [0.2, 0.25) is 0 Å². The van der Waals surface area contributed by atoms with Crippen LogP contribution in [-0.4, -0.2) is 76.0 Å². The summed E-state index contributed by atoms with van der Waals surface area (Å²) in [4.78, 5) is 27.1. The summed E-state index contributed by atoms with van der Waals surface area (Å²) in [6, 6.07) is 5.27. The molecule has 2 aromatic rings. The van der Waals surface area contributed by atoms with Crippen molar-refractivity contribution >= 4 is 34.0 Å². The van der Waals surface area contributed by atoms with Crippen LogP contribution < -0.4 is 5.32 Å². The molecule has 2 amide bonds. The third-order valence-electron chi connectivity index (χ3n) is 7.32. The third-order valence-corrected chi connectivity index (χ3v) is 8.05. The third kappa shape index (κ3) is 5.61. The number of nitrogens with zero attached hydrogens (tertiary/aromatic N) is 2. The van der Waals surface area contributed by atoms with Gasteiger partial charge < -0.3 is 19.7 Å². The fourth-order valence-corrected chi connectivity index (χ4v) is 6.19. The Bertz CT molecular complexity index is 1090. The molecule has 0 saturated carbocycles. The lowest BCUT2D eigenvalue weighted by Gasteiger charge is -2.33. The predicted octanol–water partition coefficient (Wildman–Crippen LogP) is 2.38. The fraction of sp³-hybridized carbons (Fsp3) is 0.600. The van der Waals surface area contributed by atoms with Gasteiger partial charge in [0.2, 0.25) is 5.91 Å². The van der Waals surface area contributed by atoms with Gasteiger partial charge in [0.25, 0.3) is 17.2 Å². The Morgan fingerprint density at radius 1 is 1.26 bits per heavy atom. The lowest BCUT2D eigenvalue weighted by Crippen LogP contribution is -2.41. The zero-order chi connectivity index (χ0) is 24.9. The van der Waals surface area contributed by atoms with Gasteiger partial charge in [-0.15, -0.1) is 0 Å². The number of methoxy groups -OCH3 is 1. The molecule has 1 fully saturated rings. The first-order valence-electron chi connectivity index (χ1n) is 12.3. The van der Waals surface area contributed by atoms with E-state index in [2.05, 4.69) is 5.32 Å². The highest BCUT2D eigenvalue weighted by Gasteiger charge is 2.32. The van der Waals surface area contributed by atoms with Crippen molar-refractivity contribution in [3.63, 3.8) is 0 Å². The van der Waals surface area contributed by atoms with Gasteiger partial charge in [0.15, 0.2) is 0 Å². The van der Waals surface area contributed by atoms with Crippen LogP contribution in [-0.2, 0) is 38.4 Å². The predicted molar refractivity (Wildman–Crippen MR) is 134 cm³/mol. The largest absolute Gasteiger partial charge is 0.383 e. The van der Waals surface area contributed by atoms with Gasteiger partial charge in [0, 0.05) is 50.1 Å².